The number of benzene rings is 1. The molecule has 0 aliphatic carbocycles. The summed E-state index contributed by atoms with van der Waals surface area (Å²) in [5.41, 5.74) is 2.34. The van der Waals surface area contributed by atoms with E-state index in [1.165, 1.54) is 5.56 Å². The highest BCUT2D eigenvalue weighted by Gasteiger charge is 1.95. The topological polar surface area (TPSA) is 36.2 Å². The van der Waals surface area contributed by atoms with Crippen molar-refractivity contribution in [3.63, 3.8) is 0 Å². The Morgan fingerprint density at radius 2 is 2.00 bits per heavy atom. The molecule has 0 spiro atoms. The SMILES string of the molecule is C=NC(=N)Cc1ccc(C)cc1. The van der Waals surface area contributed by atoms with Crippen molar-refractivity contribution in [2.75, 3.05) is 0 Å². The number of hydrogen-bond donors (Lipinski definition) is 1. The number of nitrogens with zero attached hydrogens (tertiary/aromatic N) is 1. The molecule has 0 aliphatic rings. The maximum atomic E-state index is 7.30. The van der Waals surface area contributed by atoms with E-state index in [2.05, 4.69) is 11.7 Å². The van der Waals surface area contributed by atoms with Crippen LogP contribution in [0, 0.1) is 12.3 Å². The summed E-state index contributed by atoms with van der Waals surface area (Å²) in [6.07, 6.45) is 0.573. The fraction of sp³-hybridized carbons (Fsp3) is 0.200. The van der Waals surface area contributed by atoms with Gasteiger partial charge in [0.15, 0.2) is 0 Å². The second-order valence-electron chi connectivity index (χ2n) is 2.77. The Bertz CT molecular complexity index is 285. The number of aliphatic imine (C=N–C) groups is 1. The van der Waals surface area contributed by atoms with Gasteiger partial charge in [0.2, 0.25) is 0 Å². The molecule has 0 saturated heterocycles. The zero-order valence-corrected chi connectivity index (χ0v) is 7.17. The Labute approximate surface area is 72.5 Å². The third-order valence-corrected chi connectivity index (χ3v) is 1.68. The van der Waals surface area contributed by atoms with Crippen molar-refractivity contribution in [1.29, 1.82) is 5.41 Å². The fourth-order valence-electron chi connectivity index (χ4n) is 0.955. The third kappa shape index (κ3) is 2.31. The van der Waals surface area contributed by atoms with Crippen molar-refractivity contribution in [1.82, 2.24) is 0 Å². The molecule has 0 amide bonds. The van der Waals surface area contributed by atoms with Crippen LogP contribution in [0.15, 0.2) is 29.3 Å². The van der Waals surface area contributed by atoms with Crippen LogP contribution in [0.4, 0.5) is 0 Å². The van der Waals surface area contributed by atoms with Crippen LogP contribution in [0.25, 0.3) is 0 Å². The zero-order valence-electron chi connectivity index (χ0n) is 7.17. The van der Waals surface area contributed by atoms with Crippen molar-refractivity contribution in [2.24, 2.45) is 4.99 Å². The van der Waals surface area contributed by atoms with E-state index in [9.17, 15) is 0 Å². The monoisotopic (exact) mass is 160 g/mol. The van der Waals surface area contributed by atoms with Gasteiger partial charge in [0.05, 0.1) is 0 Å². The van der Waals surface area contributed by atoms with E-state index in [0.717, 1.165) is 5.56 Å². The van der Waals surface area contributed by atoms with Crippen LogP contribution in [0.5, 0.6) is 0 Å². The second kappa shape index (κ2) is 3.81. The predicted molar refractivity (Wildman–Crippen MR) is 52.2 cm³/mol. The predicted octanol–water partition coefficient (Wildman–Crippen LogP) is 2.22. The first kappa shape index (κ1) is 8.65. The van der Waals surface area contributed by atoms with Crippen molar-refractivity contribution in [3.8, 4) is 0 Å². The Balaban J connectivity index is 2.71. The molecule has 1 rings (SSSR count). The minimum atomic E-state index is 0.318. The average molecular weight is 160 g/mol. The van der Waals surface area contributed by atoms with Gasteiger partial charge in [0, 0.05) is 6.42 Å². The molecule has 0 saturated carbocycles. The van der Waals surface area contributed by atoms with Gasteiger partial charge in [-0.3, -0.25) is 5.41 Å². The Morgan fingerprint density at radius 3 is 2.50 bits per heavy atom. The molecule has 12 heavy (non-hydrogen) atoms. The molecule has 62 valence electrons. The van der Waals surface area contributed by atoms with E-state index in [-0.39, 0.29) is 0 Å². The lowest BCUT2D eigenvalue weighted by atomic mass is 10.1. The van der Waals surface area contributed by atoms with Crippen LogP contribution in [0.2, 0.25) is 0 Å². The van der Waals surface area contributed by atoms with E-state index in [0.29, 0.717) is 12.3 Å². The third-order valence-electron chi connectivity index (χ3n) is 1.68. The lowest BCUT2D eigenvalue weighted by Crippen LogP contribution is -1.96. The molecule has 0 unspecified atom stereocenters. The molecule has 0 radical (unpaired) electrons. The summed E-state index contributed by atoms with van der Waals surface area (Å²) in [5, 5.41) is 7.30. The number of amidine groups is 1. The molecule has 1 aromatic rings. The van der Waals surface area contributed by atoms with Crippen molar-refractivity contribution >= 4 is 12.6 Å². The van der Waals surface area contributed by atoms with Gasteiger partial charge in [0.25, 0.3) is 0 Å². The summed E-state index contributed by atoms with van der Waals surface area (Å²) >= 11 is 0. The fourth-order valence-corrected chi connectivity index (χ4v) is 0.955. The highest BCUT2D eigenvalue weighted by atomic mass is 14.8. The number of nitrogens with one attached hydrogen (secondary N) is 1. The van der Waals surface area contributed by atoms with Crippen LogP contribution < -0.4 is 0 Å². The van der Waals surface area contributed by atoms with Gasteiger partial charge < -0.3 is 0 Å². The Kier molecular flexibility index (Phi) is 2.75. The lowest BCUT2D eigenvalue weighted by Gasteiger charge is -1.98. The molecule has 1 aromatic carbocycles. The molecule has 2 heteroatoms. The van der Waals surface area contributed by atoms with Gasteiger partial charge in [-0.15, -0.1) is 0 Å². The van der Waals surface area contributed by atoms with Gasteiger partial charge in [-0.2, -0.15) is 0 Å². The highest BCUT2D eigenvalue weighted by Crippen LogP contribution is 2.04. The Morgan fingerprint density at radius 1 is 1.42 bits per heavy atom. The first-order valence-corrected chi connectivity index (χ1v) is 3.82. The van der Waals surface area contributed by atoms with E-state index >= 15 is 0 Å². The summed E-state index contributed by atoms with van der Waals surface area (Å²) in [5.74, 6) is 0.318. The maximum absolute atomic E-state index is 7.30. The summed E-state index contributed by atoms with van der Waals surface area (Å²) in [6.45, 7) is 5.34. The van der Waals surface area contributed by atoms with Gasteiger partial charge in [-0.1, -0.05) is 29.8 Å². The van der Waals surface area contributed by atoms with Gasteiger partial charge in [-0.25, -0.2) is 4.99 Å². The van der Waals surface area contributed by atoms with Crippen molar-refractivity contribution in [3.05, 3.63) is 35.4 Å². The summed E-state index contributed by atoms with van der Waals surface area (Å²) < 4.78 is 0. The molecule has 0 heterocycles. The van der Waals surface area contributed by atoms with Gasteiger partial charge in [-0.05, 0) is 19.2 Å². The summed E-state index contributed by atoms with van der Waals surface area (Å²) in [4.78, 5) is 3.54. The quantitative estimate of drug-likeness (QED) is 0.508. The van der Waals surface area contributed by atoms with Gasteiger partial charge in [0.1, 0.15) is 5.84 Å². The molecule has 0 bridgehead atoms. The Hall–Kier alpha value is -1.44. The van der Waals surface area contributed by atoms with Crippen LogP contribution in [0.3, 0.4) is 0 Å². The number of aryl methyl sites for hydroxylation is 1. The van der Waals surface area contributed by atoms with Gasteiger partial charge >= 0.3 is 0 Å². The highest BCUT2D eigenvalue weighted by molar-refractivity contribution is 5.85. The number of rotatable bonds is 2. The van der Waals surface area contributed by atoms with E-state index in [4.69, 9.17) is 5.41 Å². The lowest BCUT2D eigenvalue weighted by molar-refractivity contribution is 1.24. The van der Waals surface area contributed by atoms with Crippen molar-refractivity contribution in [2.45, 2.75) is 13.3 Å². The molecule has 0 aliphatic heterocycles. The zero-order chi connectivity index (χ0) is 8.97. The first-order chi connectivity index (χ1) is 5.72. The van der Waals surface area contributed by atoms with E-state index < -0.39 is 0 Å². The smallest absolute Gasteiger partial charge is 0.124 e. The second-order valence-corrected chi connectivity index (χ2v) is 2.77. The minimum absolute atomic E-state index is 0.318. The van der Waals surface area contributed by atoms with Crippen LogP contribution in [-0.2, 0) is 6.42 Å². The van der Waals surface area contributed by atoms with Crippen LogP contribution in [-0.4, -0.2) is 12.6 Å². The van der Waals surface area contributed by atoms with Crippen molar-refractivity contribution < 1.29 is 0 Å². The van der Waals surface area contributed by atoms with E-state index in [1.807, 2.05) is 31.2 Å². The normalized spacial score (nSPS) is 9.42. The molecule has 2 nitrogen and oxygen atoms in total. The minimum Gasteiger partial charge on any atom is -0.286 e. The largest absolute Gasteiger partial charge is 0.286 e. The number of hydrogen-bond acceptors (Lipinski definition) is 1. The summed E-state index contributed by atoms with van der Waals surface area (Å²) in [7, 11) is 0. The molecular weight excluding hydrogens is 148 g/mol. The standard InChI is InChI=1S/C10H12N2/c1-8-3-5-9(6-4-8)7-10(11)12-2/h3-6,11H,2,7H2,1H3. The molecule has 1 N–H and O–H groups in total. The maximum Gasteiger partial charge on any atom is 0.124 e. The van der Waals surface area contributed by atoms with Crippen LogP contribution >= 0.6 is 0 Å². The molecular formula is C10H12N2. The molecule has 0 atom stereocenters. The summed E-state index contributed by atoms with van der Waals surface area (Å²) in [6, 6.07) is 8.08. The molecule has 0 fully saturated rings. The average Bonchev–Trinajstić information content (AvgIpc) is 2.09. The van der Waals surface area contributed by atoms with Crippen LogP contribution in [0.1, 0.15) is 11.1 Å². The first-order valence-electron chi connectivity index (χ1n) is 3.82. The van der Waals surface area contributed by atoms with E-state index in [1.54, 1.807) is 0 Å². The molecule has 0 aromatic heterocycles.